The van der Waals surface area contributed by atoms with Gasteiger partial charge in [0.1, 0.15) is 0 Å². The first kappa shape index (κ1) is 14.5. The molecule has 1 aliphatic heterocycles. The number of aromatic nitrogens is 2. The third-order valence-corrected chi connectivity index (χ3v) is 4.56. The Morgan fingerprint density at radius 2 is 1.95 bits per heavy atom. The van der Waals surface area contributed by atoms with Gasteiger partial charge in [-0.15, -0.1) is 0 Å². The van der Waals surface area contributed by atoms with Crippen molar-refractivity contribution in [2.75, 3.05) is 26.3 Å². The quantitative estimate of drug-likeness (QED) is 0.893. The Morgan fingerprint density at radius 1 is 1.29 bits per heavy atom. The molecular formula is C13H18N4O3S. The van der Waals surface area contributed by atoms with Gasteiger partial charge in [0, 0.05) is 13.1 Å². The number of rotatable bonds is 3. The lowest BCUT2D eigenvalue weighted by atomic mass is 10.3. The lowest BCUT2D eigenvalue weighted by Gasteiger charge is -2.33. The molecule has 2 heterocycles. The molecule has 2 N–H and O–H groups in total. The Labute approximate surface area is 123 Å². The predicted octanol–water partition coefficient (Wildman–Crippen LogP) is 0.534. The molecular weight excluding hydrogens is 292 g/mol. The molecule has 0 saturated carbocycles. The van der Waals surface area contributed by atoms with E-state index in [4.69, 9.17) is 9.88 Å². The molecule has 1 unspecified atom stereocenters. The molecule has 0 aliphatic carbocycles. The SMILES string of the molecule is CC(N1CCOCC1)n1c(S(N)(=O)=O)nc2ccccc21. The van der Waals surface area contributed by atoms with Crippen LogP contribution in [0, 0.1) is 0 Å². The average Bonchev–Trinajstić information content (AvgIpc) is 2.87. The van der Waals surface area contributed by atoms with Crippen LogP contribution in [-0.4, -0.2) is 49.2 Å². The van der Waals surface area contributed by atoms with E-state index >= 15 is 0 Å². The molecule has 1 aromatic carbocycles. The summed E-state index contributed by atoms with van der Waals surface area (Å²) in [6.45, 7) is 4.73. The van der Waals surface area contributed by atoms with Crippen molar-refractivity contribution in [2.24, 2.45) is 5.14 Å². The van der Waals surface area contributed by atoms with E-state index in [0.717, 1.165) is 18.6 Å². The standard InChI is InChI=1S/C13H18N4O3S/c1-10(16-6-8-20-9-7-16)17-12-5-3-2-4-11(12)15-13(17)21(14,18)19/h2-5,10H,6-9H2,1H3,(H2,14,18,19). The molecule has 1 saturated heterocycles. The summed E-state index contributed by atoms with van der Waals surface area (Å²) in [5, 5.41) is 5.24. The summed E-state index contributed by atoms with van der Waals surface area (Å²) in [6, 6.07) is 7.33. The van der Waals surface area contributed by atoms with Crippen LogP contribution in [0.25, 0.3) is 11.0 Å². The summed E-state index contributed by atoms with van der Waals surface area (Å²) in [5.74, 6) is 0. The summed E-state index contributed by atoms with van der Waals surface area (Å²) in [4.78, 5) is 6.35. The molecule has 7 nitrogen and oxygen atoms in total. The number of hydrogen-bond donors (Lipinski definition) is 1. The van der Waals surface area contributed by atoms with Gasteiger partial charge in [0.25, 0.3) is 10.0 Å². The topological polar surface area (TPSA) is 90.5 Å². The van der Waals surface area contributed by atoms with Crippen LogP contribution in [0.15, 0.2) is 29.4 Å². The highest BCUT2D eigenvalue weighted by molar-refractivity contribution is 7.89. The van der Waals surface area contributed by atoms with E-state index in [1.165, 1.54) is 0 Å². The van der Waals surface area contributed by atoms with Gasteiger partial charge in [-0.2, -0.15) is 0 Å². The second-order valence-electron chi connectivity index (χ2n) is 5.08. The Hall–Kier alpha value is -1.48. The molecule has 8 heteroatoms. The van der Waals surface area contributed by atoms with Gasteiger partial charge in [0.15, 0.2) is 0 Å². The third kappa shape index (κ3) is 2.67. The number of fused-ring (bicyclic) bond motifs is 1. The number of imidazole rings is 1. The summed E-state index contributed by atoms with van der Waals surface area (Å²) in [5.41, 5.74) is 1.39. The Balaban J connectivity index is 2.14. The van der Waals surface area contributed by atoms with Crippen molar-refractivity contribution in [1.82, 2.24) is 14.5 Å². The van der Waals surface area contributed by atoms with Crippen LogP contribution in [0.2, 0.25) is 0 Å². The molecule has 1 atom stereocenters. The Bertz CT molecular complexity index is 750. The molecule has 1 fully saturated rings. The summed E-state index contributed by atoms with van der Waals surface area (Å²) < 4.78 is 30.8. The molecule has 0 bridgehead atoms. The summed E-state index contributed by atoms with van der Waals surface area (Å²) in [7, 11) is -3.89. The van der Waals surface area contributed by atoms with Gasteiger partial charge < -0.3 is 4.74 Å². The number of nitrogens with zero attached hydrogens (tertiary/aromatic N) is 3. The van der Waals surface area contributed by atoms with Crippen molar-refractivity contribution >= 4 is 21.1 Å². The zero-order valence-electron chi connectivity index (χ0n) is 11.8. The van der Waals surface area contributed by atoms with Crippen LogP contribution in [-0.2, 0) is 14.8 Å². The number of primary sulfonamides is 1. The van der Waals surface area contributed by atoms with Gasteiger partial charge in [0.05, 0.1) is 30.4 Å². The number of benzene rings is 1. The van der Waals surface area contributed by atoms with Gasteiger partial charge in [-0.05, 0) is 19.1 Å². The Morgan fingerprint density at radius 3 is 2.62 bits per heavy atom. The predicted molar refractivity (Wildman–Crippen MR) is 78.2 cm³/mol. The number of hydrogen-bond acceptors (Lipinski definition) is 5. The highest BCUT2D eigenvalue weighted by atomic mass is 32.2. The van der Waals surface area contributed by atoms with Crippen molar-refractivity contribution in [1.29, 1.82) is 0 Å². The van der Waals surface area contributed by atoms with Gasteiger partial charge in [-0.25, -0.2) is 18.5 Å². The maximum absolute atomic E-state index is 11.9. The minimum absolute atomic E-state index is 0.0947. The second-order valence-corrected chi connectivity index (χ2v) is 6.53. The van der Waals surface area contributed by atoms with Gasteiger partial charge >= 0.3 is 0 Å². The maximum Gasteiger partial charge on any atom is 0.272 e. The fourth-order valence-corrected chi connectivity index (χ4v) is 3.45. The summed E-state index contributed by atoms with van der Waals surface area (Å²) >= 11 is 0. The van der Waals surface area contributed by atoms with E-state index in [1.54, 1.807) is 10.6 Å². The van der Waals surface area contributed by atoms with Gasteiger partial charge in [0.2, 0.25) is 5.16 Å². The monoisotopic (exact) mass is 310 g/mol. The average molecular weight is 310 g/mol. The third-order valence-electron chi connectivity index (χ3n) is 3.77. The van der Waals surface area contributed by atoms with Crippen molar-refractivity contribution in [3.8, 4) is 0 Å². The van der Waals surface area contributed by atoms with E-state index < -0.39 is 10.0 Å². The van der Waals surface area contributed by atoms with Crippen molar-refractivity contribution in [3.63, 3.8) is 0 Å². The highest BCUT2D eigenvalue weighted by Crippen LogP contribution is 2.26. The first-order valence-corrected chi connectivity index (χ1v) is 8.34. The number of morpholine rings is 1. The maximum atomic E-state index is 11.9. The fourth-order valence-electron chi connectivity index (χ4n) is 2.70. The van der Waals surface area contributed by atoms with E-state index in [0.29, 0.717) is 18.7 Å². The van der Waals surface area contributed by atoms with Crippen LogP contribution in [0.3, 0.4) is 0 Å². The molecule has 0 amide bonds. The van der Waals surface area contributed by atoms with Gasteiger partial charge in [-0.3, -0.25) is 9.47 Å². The number of para-hydroxylation sites is 2. The minimum atomic E-state index is -3.89. The summed E-state index contributed by atoms with van der Waals surface area (Å²) in [6.07, 6.45) is -0.158. The lowest BCUT2D eigenvalue weighted by Crippen LogP contribution is -2.41. The normalized spacial score (nSPS) is 19.0. The first-order chi connectivity index (χ1) is 9.98. The highest BCUT2D eigenvalue weighted by Gasteiger charge is 2.27. The van der Waals surface area contributed by atoms with Crippen LogP contribution >= 0.6 is 0 Å². The first-order valence-electron chi connectivity index (χ1n) is 6.80. The van der Waals surface area contributed by atoms with E-state index in [-0.39, 0.29) is 11.3 Å². The molecule has 2 aromatic rings. The fraction of sp³-hybridized carbons (Fsp3) is 0.462. The zero-order valence-corrected chi connectivity index (χ0v) is 12.6. The van der Waals surface area contributed by atoms with E-state index in [9.17, 15) is 8.42 Å². The molecule has 21 heavy (non-hydrogen) atoms. The smallest absolute Gasteiger partial charge is 0.272 e. The number of sulfonamides is 1. The van der Waals surface area contributed by atoms with Crippen LogP contribution in [0.4, 0.5) is 0 Å². The second kappa shape index (κ2) is 5.38. The van der Waals surface area contributed by atoms with Crippen LogP contribution in [0.5, 0.6) is 0 Å². The number of ether oxygens (including phenoxy) is 1. The lowest BCUT2D eigenvalue weighted by molar-refractivity contribution is 0.00252. The zero-order chi connectivity index (χ0) is 15.0. The number of nitrogens with two attached hydrogens (primary N) is 1. The molecule has 0 radical (unpaired) electrons. The van der Waals surface area contributed by atoms with Crippen molar-refractivity contribution in [2.45, 2.75) is 18.2 Å². The van der Waals surface area contributed by atoms with Crippen molar-refractivity contribution in [3.05, 3.63) is 24.3 Å². The molecule has 1 aliphatic rings. The van der Waals surface area contributed by atoms with Crippen LogP contribution in [0.1, 0.15) is 13.1 Å². The Kier molecular flexibility index (Phi) is 3.70. The molecule has 114 valence electrons. The van der Waals surface area contributed by atoms with Gasteiger partial charge in [-0.1, -0.05) is 12.1 Å². The van der Waals surface area contributed by atoms with Crippen molar-refractivity contribution < 1.29 is 13.2 Å². The largest absolute Gasteiger partial charge is 0.379 e. The van der Waals surface area contributed by atoms with E-state index in [2.05, 4.69) is 9.88 Å². The molecule has 0 spiro atoms. The van der Waals surface area contributed by atoms with Crippen LogP contribution < -0.4 is 5.14 Å². The minimum Gasteiger partial charge on any atom is -0.379 e. The molecule has 3 rings (SSSR count). The van der Waals surface area contributed by atoms with E-state index in [1.807, 2.05) is 25.1 Å². The molecule has 1 aromatic heterocycles.